The molecule has 3 heteroatoms. The van der Waals surface area contributed by atoms with E-state index in [1.54, 1.807) is 0 Å². The van der Waals surface area contributed by atoms with E-state index in [1.807, 2.05) is 36.4 Å². The maximum atomic E-state index is 10.5. The highest BCUT2D eigenvalue weighted by atomic mass is 16.3. The zero-order chi connectivity index (χ0) is 15.4. The van der Waals surface area contributed by atoms with Gasteiger partial charge in [-0.1, -0.05) is 36.4 Å². The summed E-state index contributed by atoms with van der Waals surface area (Å²) in [5, 5.41) is 10.5. The second-order valence-corrected chi connectivity index (χ2v) is 5.96. The van der Waals surface area contributed by atoms with E-state index in [-0.39, 0.29) is 5.75 Å². The van der Waals surface area contributed by atoms with Gasteiger partial charge in [0.2, 0.25) is 0 Å². The average Bonchev–Trinajstić information content (AvgIpc) is 3.14. The number of nitrogens with zero attached hydrogens (tertiary/aromatic N) is 1. The number of aromatic hydroxyl groups is 1. The number of para-hydroxylation sites is 2. The van der Waals surface area contributed by atoms with Gasteiger partial charge in [0.15, 0.2) is 0 Å². The van der Waals surface area contributed by atoms with E-state index in [0.29, 0.717) is 5.82 Å². The predicted molar refractivity (Wildman–Crippen MR) is 91.4 cm³/mol. The van der Waals surface area contributed by atoms with Gasteiger partial charge in [0.25, 0.3) is 0 Å². The minimum absolute atomic E-state index is 0.274. The lowest BCUT2D eigenvalue weighted by Crippen LogP contribution is -1.86. The molecule has 110 valence electrons. The number of aromatic amines is 1. The molecule has 0 atom stereocenters. The van der Waals surface area contributed by atoms with Gasteiger partial charge in [-0.2, -0.15) is 0 Å². The summed E-state index contributed by atoms with van der Waals surface area (Å²) in [5.41, 5.74) is 7.54. The molecule has 0 radical (unpaired) electrons. The van der Waals surface area contributed by atoms with Crippen molar-refractivity contribution in [2.45, 2.75) is 6.42 Å². The molecule has 3 aromatic carbocycles. The van der Waals surface area contributed by atoms with Gasteiger partial charge in [-0.05, 0) is 52.9 Å². The largest absolute Gasteiger partial charge is 0.507 e. The first-order valence-corrected chi connectivity index (χ1v) is 7.69. The molecule has 0 spiro atoms. The SMILES string of the molecule is Oc1cc2c(cc1-c1nc3ccccc3[nH]1)-c1ccccc1C2. The Hall–Kier alpha value is -3.07. The molecule has 1 aliphatic rings. The molecule has 0 saturated carbocycles. The number of aromatic nitrogens is 2. The van der Waals surface area contributed by atoms with Crippen molar-refractivity contribution >= 4 is 11.0 Å². The van der Waals surface area contributed by atoms with Crippen molar-refractivity contribution in [1.82, 2.24) is 9.97 Å². The van der Waals surface area contributed by atoms with E-state index in [4.69, 9.17) is 0 Å². The highest BCUT2D eigenvalue weighted by Crippen LogP contribution is 2.42. The molecule has 0 bridgehead atoms. The fraction of sp³-hybridized carbons (Fsp3) is 0.0500. The van der Waals surface area contributed by atoms with Gasteiger partial charge in [0.05, 0.1) is 16.6 Å². The van der Waals surface area contributed by atoms with Gasteiger partial charge in [-0.3, -0.25) is 0 Å². The van der Waals surface area contributed by atoms with Crippen LogP contribution in [0.2, 0.25) is 0 Å². The number of nitrogens with one attached hydrogen (secondary N) is 1. The Morgan fingerprint density at radius 1 is 0.826 bits per heavy atom. The Morgan fingerprint density at radius 2 is 1.65 bits per heavy atom. The number of H-pyrrole nitrogens is 1. The molecule has 3 nitrogen and oxygen atoms in total. The van der Waals surface area contributed by atoms with Crippen LogP contribution in [-0.4, -0.2) is 15.1 Å². The first-order valence-electron chi connectivity index (χ1n) is 7.69. The highest BCUT2D eigenvalue weighted by molar-refractivity contribution is 5.85. The Labute approximate surface area is 133 Å². The van der Waals surface area contributed by atoms with Crippen LogP contribution in [0.3, 0.4) is 0 Å². The number of benzene rings is 3. The van der Waals surface area contributed by atoms with E-state index in [2.05, 4.69) is 34.2 Å². The standard InChI is InChI=1S/C20H14N2O/c23-19-10-13-9-12-5-1-2-6-14(12)15(13)11-16(19)20-21-17-7-3-4-8-18(17)22-20/h1-8,10-11,23H,9H2,(H,21,22). The summed E-state index contributed by atoms with van der Waals surface area (Å²) in [5.74, 6) is 0.978. The molecule has 0 unspecified atom stereocenters. The van der Waals surface area contributed by atoms with Gasteiger partial charge in [-0.25, -0.2) is 4.98 Å². The quantitative estimate of drug-likeness (QED) is 0.478. The molecule has 1 aromatic heterocycles. The second kappa shape index (κ2) is 4.46. The Bertz CT molecular complexity index is 1030. The number of hydrogen-bond acceptors (Lipinski definition) is 2. The Morgan fingerprint density at radius 3 is 2.57 bits per heavy atom. The smallest absolute Gasteiger partial charge is 0.142 e. The third kappa shape index (κ3) is 1.80. The normalized spacial score (nSPS) is 12.3. The van der Waals surface area contributed by atoms with Crippen LogP contribution in [-0.2, 0) is 6.42 Å². The van der Waals surface area contributed by atoms with E-state index >= 15 is 0 Å². The third-order valence-corrected chi connectivity index (χ3v) is 4.55. The molecule has 1 aliphatic carbocycles. The lowest BCUT2D eigenvalue weighted by Gasteiger charge is -2.06. The minimum Gasteiger partial charge on any atom is -0.507 e. The topological polar surface area (TPSA) is 48.9 Å². The molecule has 4 aromatic rings. The monoisotopic (exact) mass is 298 g/mol. The maximum absolute atomic E-state index is 10.5. The lowest BCUT2D eigenvalue weighted by molar-refractivity contribution is 0.476. The van der Waals surface area contributed by atoms with Gasteiger partial charge in [-0.15, -0.1) is 0 Å². The van der Waals surface area contributed by atoms with Gasteiger partial charge in [0, 0.05) is 0 Å². The fourth-order valence-corrected chi connectivity index (χ4v) is 3.44. The highest BCUT2D eigenvalue weighted by Gasteiger charge is 2.21. The van der Waals surface area contributed by atoms with Gasteiger partial charge < -0.3 is 10.1 Å². The van der Waals surface area contributed by atoms with Crippen LogP contribution in [0.15, 0.2) is 60.7 Å². The van der Waals surface area contributed by atoms with Crippen LogP contribution in [0.1, 0.15) is 11.1 Å². The Kier molecular flexibility index (Phi) is 2.42. The Balaban J connectivity index is 1.73. The van der Waals surface area contributed by atoms with Gasteiger partial charge in [0.1, 0.15) is 11.6 Å². The van der Waals surface area contributed by atoms with Gasteiger partial charge >= 0.3 is 0 Å². The van der Waals surface area contributed by atoms with Crippen LogP contribution < -0.4 is 0 Å². The van der Waals surface area contributed by atoms with Crippen molar-refractivity contribution in [1.29, 1.82) is 0 Å². The molecule has 2 N–H and O–H groups in total. The zero-order valence-electron chi connectivity index (χ0n) is 12.4. The van der Waals surface area contributed by atoms with Crippen LogP contribution in [0.4, 0.5) is 0 Å². The molecule has 23 heavy (non-hydrogen) atoms. The first kappa shape index (κ1) is 12.5. The van der Waals surface area contributed by atoms with Crippen LogP contribution in [0.5, 0.6) is 5.75 Å². The average molecular weight is 298 g/mol. The molecular weight excluding hydrogens is 284 g/mol. The molecule has 1 heterocycles. The molecule has 0 fully saturated rings. The maximum Gasteiger partial charge on any atom is 0.142 e. The van der Waals surface area contributed by atoms with E-state index in [0.717, 1.165) is 23.0 Å². The number of phenolic OH excluding ortho intramolecular Hbond substituents is 1. The number of rotatable bonds is 1. The molecule has 0 amide bonds. The molecule has 5 rings (SSSR count). The molecule has 0 saturated heterocycles. The summed E-state index contributed by atoms with van der Waals surface area (Å²) in [7, 11) is 0. The summed E-state index contributed by atoms with van der Waals surface area (Å²) in [6.45, 7) is 0. The molecular formula is C20H14N2O. The lowest BCUT2D eigenvalue weighted by atomic mass is 10.0. The van der Waals surface area contributed by atoms with Crippen LogP contribution in [0.25, 0.3) is 33.5 Å². The van der Waals surface area contributed by atoms with Crippen molar-refractivity contribution in [2.75, 3.05) is 0 Å². The number of phenols is 1. The van der Waals surface area contributed by atoms with Crippen molar-refractivity contribution in [2.24, 2.45) is 0 Å². The van der Waals surface area contributed by atoms with Crippen molar-refractivity contribution < 1.29 is 5.11 Å². The fourth-order valence-electron chi connectivity index (χ4n) is 3.44. The van der Waals surface area contributed by atoms with Crippen molar-refractivity contribution in [3.05, 3.63) is 71.8 Å². The van der Waals surface area contributed by atoms with E-state index in [9.17, 15) is 5.11 Å². The predicted octanol–water partition coefficient (Wildman–Crippen LogP) is 4.51. The number of imidazole rings is 1. The summed E-state index contributed by atoms with van der Waals surface area (Å²) >= 11 is 0. The first-order chi connectivity index (χ1) is 11.3. The van der Waals surface area contributed by atoms with E-state index in [1.165, 1.54) is 22.3 Å². The van der Waals surface area contributed by atoms with Crippen LogP contribution >= 0.6 is 0 Å². The summed E-state index contributed by atoms with van der Waals surface area (Å²) < 4.78 is 0. The van der Waals surface area contributed by atoms with Crippen LogP contribution in [0, 0.1) is 0 Å². The summed E-state index contributed by atoms with van der Waals surface area (Å²) in [4.78, 5) is 7.91. The van der Waals surface area contributed by atoms with Crippen molar-refractivity contribution in [3.63, 3.8) is 0 Å². The zero-order valence-corrected chi connectivity index (χ0v) is 12.4. The number of hydrogen-bond donors (Lipinski definition) is 2. The second-order valence-electron chi connectivity index (χ2n) is 5.96. The number of fused-ring (bicyclic) bond motifs is 4. The van der Waals surface area contributed by atoms with E-state index < -0.39 is 0 Å². The van der Waals surface area contributed by atoms with Crippen molar-refractivity contribution in [3.8, 4) is 28.3 Å². The minimum atomic E-state index is 0.274. The summed E-state index contributed by atoms with van der Waals surface area (Å²) in [6, 6.07) is 20.2. The third-order valence-electron chi connectivity index (χ3n) is 4.55. The summed E-state index contributed by atoms with van der Waals surface area (Å²) in [6.07, 6.45) is 0.874. The molecule has 0 aliphatic heterocycles.